The van der Waals surface area contributed by atoms with Crippen LogP contribution in [0.15, 0.2) is 12.1 Å². The van der Waals surface area contributed by atoms with Crippen LogP contribution < -0.4 is 10.5 Å². The van der Waals surface area contributed by atoms with E-state index in [1.807, 2.05) is 0 Å². The van der Waals surface area contributed by atoms with Gasteiger partial charge in [0.25, 0.3) is 0 Å². The van der Waals surface area contributed by atoms with E-state index in [2.05, 4.69) is 26.0 Å². The van der Waals surface area contributed by atoms with Crippen molar-refractivity contribution in [3.63, 3.8) is 0 Å². The first-order chi connectivity index (χ1) is 7.04. The zero-order chi connectivity index (χ0) is 11.1. The number of aryl methyl sites for hydroxylation is 2. The normalized spacial score (nSPS) is 17.6. The van der Waals surface area contributed by atoms with Gasteiger partial charge < -0.3 is 10.5 Å². The predicted octanol–water partition coefficient (Wildman–Crippen LogP) is 2.35. The lowest BCUT2D eigenvalue weighted by molar-refractivity contribution is 0.407. The second-order valence-electron chi connectivity index (χ2n) is 4.79. The smallest absolute Gasteiger partial charge is 0.122 e. The highest BCUT2D eigenvalue weighted by molar-refractivity contribution is 5.43. The molecule has 0 amide bonds. The molecule has 1 saturated carbocycles. The zero-order valence-corrected chi connectivity index (χ0v) is 9.76. The Labute approximate surface area is 91.4 Å². The van der Waals surface area contributed by atoms with Crippen LogP contribution in [-0.2, 0) is 6.42 Å². The predicted molar refractivity (Wildman–Crippen MR) is 62.3 cm³/mol. The minimum absolute atomic E-state index is 0.0506. The van der Waals surface area contributed by atoms with E-state index < -0.39 is 0 Å². The first-order valence-electron chi connectivity index (χ1n) is 5.47. The Hall–Kier alpha value is -1.02. The van der Waals surface area contributed by atoms with Gasteiger partial charge in [0.05, 0.1) is 7.11 Å². The van der Waals surface area contributed by atoms with Gasteiger partial charge in [-0.05, 0) is 55.9 Å². The summed E-state index contributed by atoms with van der Waals surface area (Å²) in [7, 11) is 1.73. The number of ether oxygens (including phenoxy) is 1. The molecule has 0 aromatic heterocycles. The topological polar surface area (TPSA) is 35.2 Å². The average molecular weight is 205 g/mol. The lowest BCUT2D eigenvalue weighted by Gasteiger charge is -2.14. The van der Waals surface area contributed by atoms with Gasteiger partial charge in [0.2, 0.25) is 0 Å². The van der Waals surface area contributed by atoms with Crippen LogP contribution in [0.2, 0.25) is 0 Å². The Balaban J connectivity index is 2.31. The van der Waals surface area contributed by atoms with Gasteiger partial charge in [0.15, 0.2) is 0 Å². The van der Waals surface area contributed by atoms with Gasteiger partial charge >= 0.3 is 0 Å². The molecular formula is C13H19NO. The third-order valence-corrected chi connectivity index (χ3v) is 3.33. The van der Waals surface area contributed by atoms with Crippen LogP contribution in [-0.4, -0.2) is 12.6 Å². The highest BCUT2D eigenvalue weighted by Crippen LogP contribution is 2.38. The van der Waals surface area contributed by atoms with Gasteiger partial charge in [-0.2, -0.15) is 0 Å². The highest BCUT2D eigenvalue weighted by atomic mass is 16.5. The van der Waals surface area contributed by atoms with Crippen LogP contribution in [0.25, 0.3) is 0 Å². The van der Waals surface area contributed by atoms with Gasteiger partial charge in [-0.25, -0.2) is 0 Å². The second kappa shape index (κ2) is 3.53. The highest BCUT2D eigenvalue weighted by Gasteiger charge is 2.38. The maximum atomic E-state index is 6.13. The first-order valence-corrected chi connectivity index (χ1v) is 5.47. The van der Waals surface area contributed by atoms with Crippen LogP contribution in [0.4, 0.5) is 0 Å². The van der Waals surface area contributed by atoms with Crippen molar-refractivity contribution in [1.29, 1.82) is 0 Å². The lowest BCUT2D eigenvalue weighted by Crippen LogP contribution is -2.24. The van der Waals surface area contributed by atoms with Gasteiger partial charge in [-0.1, -0.05) is 6.07 Å². The van der Waals surface area contributed by atoms with Crippen LogP contribution in [0, 0.1) is 13.8 Å². The molecule has 0 bridgehead atoms. The Morgan fingerprint density at radius 1 is 1.27 bits per heavy atom. The summed E-state index contributed by atoms with van der Waals surface area (Å²) in [6, 6.07) is 4.32. The van der Waals surface area contributed by atoms with Crippen molar-refractivity contribution >= 4 is 0 Å². The molecule has 0 aliphatic heterocycles. The summed E-state index contributed by atoms with van der Waals surface area (Å²) in [5.74, 6) is 0.981. The molecule has 2 N–H and O–H groups in total. The standard InChI is InChI=1S/C13H19NO/c1-9-6-11(8-13(14)4-5-13)12(15-3)7-10(9)2/h6-7H,4-5,8,14H2,1-3H3. The summed E-state index contributed by atoms with van der Waals surface area (Å²) < 4.78 is 5.40. The monoisotopic (exact) mass is 205 g/mol. The van der Waals surface area contributed by atoms with E-state index in [9.17, 15) is 0 Å². The fourth-order valence-electron chi connectivity index (χ4n) is 1.89. The molecule has 1 aliphatic carbocycles. The zero-order valence-electron chi connectivity index (χ0n) is 9.76. The summed E-state index contributed by atoms with van der Waals surface area (Å²) in [5, 5.41) is 0. The van der Waals surface area contributed by atoms with Crippen LogP contribution >= 0.6 is 0 Å². The molecule has 15 heavy (non-hydrogen) atoms. The fourth-order valence-corrected chi connectivity index (χ4v) is 1.89. The van der Waals surface area contributed by atoms with E-state index in [1.54, 1.807) is 7.11 Å². The van der Waals surface area contributed by atoms with Crippen LogP contribution in [0.3, 0.4) is 0 Å². The Morgan fingerprint density at radius 2 is 1.87 bits per heavy atom. The Kier molecular flexibility index (Phi) is 2.47. The molecule has 0 spiro atoms. The molecule has 0 unspecified atom stereocenters. The van der Waals surface area contributed by atoms with Crippen LogP contribution in [0.5, 0.6) is 5.75 Å². The van der Waals surface area contributed by atoms with E-state index in [-0.39, 0.29) is 5.54 Å². The summed E-state index contributed by atoms with van der Waals surface area (Å²) in [6.07, 6.45) is 3.23. The summed E-state index contributed by atoms with van der Waals surface area (Å²) in [4.78, 5) is 0. The number of rotatable bonds is 3. The van der Waals surface area contributed by atoms with E-state index in [0.29, 0.717) is 0 Å². The summed E-state index contributed by atoms with van der Waals surface area (Å²) >= 11 is 0. The minimum Gasteiger partial charge on any atom is -0.496 e. The number of methoxy groups -OCH3 is 1. The number of benzene rings is 1. The van der Waals surface area contributed by atoms with Crippen molar-refractivity contribution in [1.82, 2.24) is 0 Å². The SMILES string of the molecule is COc1cc(C)c(C)cc1CC1(N)CC1. The summed E-state index contributed by atoms with van der Waals surface area (Å²) in [6.45, 7) is 4.24. The third-order valence-electron chi connectivity index (χ3n) is 3.33. The number of hydrogen-bond acceptors (Lipinski definition) is 2. The minimum atomic E-state index is 0.0506. The van der Waals surface area contributed by atoms with Crippen molar-refractivity contribution in [2.75, 3.05) is 7.11 Å². The van der Waals surface area contributed by atoms with Crippen molar-refractivity contribution in [2.45, 2.75) is 38.6 Å². The van der Waals surface area contributed by atoms with E-state index in [0.717, 1.165) is 25.0 Å². The third kappa shape index (κ3) is 2.15. The molecule has 0 heterocycles. The maximum absolute atomic E-state index is 6.13. The van der Waals surface area contributed by atoms with Gasteiger partial charge in [-0.3, -0.25) is 0 Å². The molecule has 82 valence electrons. The number of nitrogens with two attached hydrogens (primary N) is 1. The van der Waals surface area contributed by atoms with E-state index in [1.165, 1.54) is 16.7 Å². The quantitative estimate of drug-likeness (QED) is 0.822. The molecule has 2 rings (SSSR count). The molecule has 0 radical (unpaired) electrons. The van der Waals surface area contributed by atoms with Crippen molar-refractivity contribution in [2.24, 2.45) is 5.73 Å². The molecule has 1 fully saturated rings. The van der Waals surface area contributed by atoms with Crippen LogP contribution in [0.1, 0.15) is 29.5 Å². The molecule has 0 saturated heterocycles. The molecular weight excluding hydrogens is 186 g/mol. The van der Waals surface area contributed by atoms with Gasteiger partial charge in [-0.15, -0.1) is 0 Å². The van der Waals surface area contributed by atoms with Gasteiger partial charge in [0, 0.05) is 5.54 Å². The molecule has 1 aromatic carbocycles. The molecule has 1 aromatic rings. The first kappa shape index (κ1) is 10.5. The van der Waals surface area contributed by atoms with Crippen molar-refractivity contribution < 1.29 is 4.74 Å². The Morgan fingerprint density at radius 3 is 2.40 bits per heavy atom. The second-order valence-corrected chi connectivity index (χ2v) is 4.79. The number of hydrogen-bond donors (Lipinski definition) is 1. The molecule has 0 atom stereocenters. The van der Waals surface area contributed by atoms with Crippen molar-refractivity contribution in [3.05, 3.63) is 28.8 Å². The van der Waals surface area contributed by atoms with Gasteiger partial charge in [0.1, 0.15) is 5.75 Å². The fraction of sp³-hybridized carbons (Fsp3) is 0.538. The van der Waals surface area contributed by atoms with Crippen molar-refractivity contribution in [3.8, 4) is 5.75 Å². The average Bonchev–Trinajstić information content (AvgIpc) is 2.89. The summed E-state index contributed by atoms with van der Waals surface area (Å²) in [5.41, 5.74) is 10.0. The van der Waals surface area contributed by atoms with E-state index in [4.69, 9.17) is 10.5 Å². The Bertz CT molecular complexity index is 380. The largest absolute Gasteiger partial charge is 0.496 e. The molecule has 2 heteroatoms. The molecule has 2 nitrogen and oxygen atoms in total. The molecule has 1 aliphatic rings. The lowest BCUT2D eigenvalue weighted by atomic mass is 9.99. The van der Waals surface area contributed by atoms with E-state index >= 15 is 0 Å². The maximum Gasteiger partial charge on any atom is 0.122 e.